The minimum absolute atomic E-state index is 0.0771. The zero-order valence-electron chi connectivity index (χ0n) is 25.0. The van der Waals surface area contributed by atoms with Crippen LogP contribution in [0.1, 0.15) is 58.7 Å². The average molecular weight is 571 g/mol. The van der Waals surface area contributed by atoms with Gasteiger partial charge in [-0.15, -0.1) is 0 Å². The summed E-state index contributed by atoms with van der Waals surface area (Å²) in [6.07, 6.45) is 2.96. The number of carbonyl (C=O) groups excluding carboxylic acids is 1. The number of aromatic nitrogens is 2. The first kappa shape index (κ1) is 28.6. The van der Waals surface area contributed by atoms with Gasteiger partial charge in [0.2, 0.25) is 5.91 Å². The number of pyridine rings is 1. The molecule has 0 radical (unpaired) electrons. The highest BCUT2D eigenvalue weighted by atomic mass is 16.5. The Morgan fingerprint density at radius 3 is 2.47 bits per heavy atom. The number of benzene rings is 3. The van der Waals surface area contributed by atoms with Gasteiger partial charge in [-0.05, 0) is 72.9 Å². The van der Waals surface area contributed by atoms with E-state index in [2.05, 4.69) is 78.3 Å². The van der Waals surface area contributed by atoms with Gasteiger partial charge in [-0.25, -0.2) is 4.98 Å². The predicted molar refractivity (Wildman–Crippen MR) is 171 cm³/mol. The normalized spacial score (nSPS) is 14.5. The topological polar surface area (TPSA) is 79.9 Å². The van der Waals surface area contributed by atoms with E-state index in [0.29, 0.717) is 39.1 Å². The van der Waals surface area contributed by atoms with Crippen LogP contribution in [0.25, 0.3) is 21.9 Å². The van der Waals surface area contributed by atoms with Crippen molar-refractivity contribution in [3.8, 4) is 6.07 Å². The highest BCUT2D eigenvalue weighted by molar-refractivity contribution is 6.08. The highest BCUT2D eigenvalue weighted by Crippen LogP contribution is 2.35. The molecular weight excluding hydrogens is 532 g/mol. The molecule has 5 aromatic rings. The van der Waals surface area contributed by atoms with Crippen LogP contribution in [0.4, 0.5) is 0 Å². The summed E-state index contributed by atoms with van der Waals surface area (Å²) in [5, 5.41) is 14.8. The molecule has 0 bridgehead atoms. The number of ether oxygens (including phenoxy) is 1. The Bertz CT molecular complexity index is 1780. The van der Waals surface area contributed by atoms with Gasteiger partial charge in [-0.3, -0.25) is 4.79 Å². The van der Waals surface area contributed by atoms with Crippen LogP contribution in [-0.2, 0) is 29.0 Å². The van der Waals surface area contributed by atoms with Crippen molar-refractivity contribution in [2.24, 2.45) is 5.92 Å². The van der Waals surface area contributed by atoms with Crippen LogP contribution >= 0.6 is 0 Å². The van der Waals surface area contributed by atoms with E-state index in [1.165, 1.54) is 21.9 Å². The quantitative estimate of drug-likeness (QED) is 0.204. The number of hydrogen-bond acceptors (Lipinski definition) is 4. The molecule has 1 aliphatic heterocycles. The van der Waals surface area contributed by atoms with Crippen LogP contribution in [0.15, 0.2) is 78.9 Å². The molecule has 0 aliphatic carbocycles. The number of rotatable bonds is 9. The fourth-order valence-corrected chi connectivity index (χ4v) is 6.73. The summed E-state index contributed by atoms with van der Waals surface area (Å²) >= 11 is 0. The zero-order chi connectivity index (χ0) is 29.8. The molecule has 0 spiro atoms. The van der Waals surface area contributed by atoms with Gasteiger partial charge in [-0.1, -0.05) is 72.8 Å². The summed E-state index contributed by atoms with van der Waals surface area (Å²) in [4.78, 5) is 18.7. The van der Waals surface area contributed by atoms with Gasteiger partial charge in [0.05, 0.1) is 17.5 Å². The van der Waals surface area contributed by atoms with Crippen molar-refractivity contribution >= 4 is 27.8 Å². The maximum absolute atomic E-state index is 13.6. The molecule has 3 heterocycles. The lowest BCUT2D eigenvalue weighted by molar-refractivity contribution is -0.124. The fraction of sp³-hybridized carbons (Fsp3) is 0.324. The summed E-state index contributed by atoms with van der Waals surface area (Å²) in [6.45, 7) is 6.81. The zero-order valence-corrected chi connectivity index (χ0v) is 25.0. The Balaban J connectivity index is 1.31. The standard InChI is InChI=1S/C37H38N4O2/c1-25-31(12-8-20-38)26(2)40-36-34(25)32-11-6-7-13-33(32)41(36)24-28-14-16-29(17-15-28)35(30-18-21-43-22-19-30)37(42)39-23-27-9-4-3-5-10-27/h3-7,9-11,13-17,30,35H,8,12,18-19,21-24H2,1-2H3,(H,39,42). The molecule has 3 aromatic carbocycles. The maximum Gasteiger partial charge on any atom is 0.228 e. The first-order valence-electron chi connectivity index (χ1n) is 15.3. The average Bonchev–Trinajstić information content (AvgIpc) is 3.34. The van der Waals surface area contributed by atoms with Gasteiger partial charge in [0.15, 0.2) is 0 Å². The number of nitrogens with zero attached hydrogens (tertiary/aromatic N) is 3. The molecule has 2 aromatic heterocycles. The van der Waals surface area contributed by atoms with Crippen LogP contribution in [0, 0.1) is 31.1 Å². The number of nitriles is 1. The molecule has 6 rings (SSSR count). The van der Waals surface area contributed by atoms with Crippen LogP contribution in [0.5, 0.6) is 0 Å². The Morgan fingerprint density at radius 2 is 1.72 bits per heavy atom. The molecule has 1 atom stereocenters. The van der Waals surface area contributed by atoms with E-state index < -0.39 is 0 Å². The summed E-state index contributed by atoms with van der Waals surface area (Å²) in [5.74, 6) is 0.111. The Hall–Kier alpha value is -4.47. The van der Waals surface area contributed by atoms with Crippen LogP contribution in [0.2, 0.25) is 0 Å². The third-order valence-corrected chi connectivity index (χ3v) is 8.98. The smallest absolute Gasteiger partial charge is 0.228 e. The van der Waals surface area contributed by atoms with Crippen LogP contribution in [0.3, 0.4) is 0 Å². The van der Waals surface area contributed by atoms with E-state index in [0.717, 1.165) is 46.4 Å². The number of nitrogens with one attached hydrogen (secondary N) is 1. The number of carbonyl (C=O) groups is 1. The second-order valence-electron chi connectivity index (χ2n) is 11.6. The maximum atomic E-state index is 13.6. The molecule has 6 heteroatoms. The first-order chi connectivity index (χ1) is 21.0. The molecule has 6 nitrogen and oxygen atoms in total. The van der Waals surface area contributed by atoms with E-state index in [1.807, 2.05) is 30.3 Å². The lowest BCUT2D eigenvalue weighted by Gasteiger charge is -2.30. The molecule has 1 aliphatic rings. The highest BCUT2D eigenvalue weighted by Gasteiger charge is 2.31. The van der Waals surface area contributed by atoms with Crippen LogP contribution in [-0.4, -0.2) is 28.7 Å². The molecule has 0 saturated carbocycles. The van der Waals surface area contributed by atoms with Gasteiger partial charge in [0.25, 0.3) is 0 Å². The van der Waals surface area contributed by atoms with Gasteiger partial charge < -0.3 is 14.6 Å². The Labute approximate surface area is 253 Å². The summed E-state index contributed by atoms with van der Waals surface area (Å²) in [6, 6.07) is 29.4. The number of amides is 1. The molecule has 1 N–H and O–H groups in total. The molecule has 218 valence electrons. The van der Waals surface area contributed by atoms with Gasteiger partial charge in [0, 0.05) is 49.2 Å². The molecule has 1 amide bonds. The van der Waals surface area contributed by atoms with E-state index in [9.17, 15) is 10.1 Å². The molecule has 1 fully saturated rings. The lowest BCUT2D eigenvalue weighted by Crippen LogP contribution is -2.35. The van der Waals surface area contributed by atoms with Gasteiger partial charge in [-0.2, -0.15) is 5.26 Å². The van der Waals surface area contributed by atoms with E-state index in [4.69, 9.17) is 9.72 Å². The van der Waals surface area contributed by atoms with Crippen molar-refractivity contribution in [3.63, 3.8) is 0 Å². The number of fused-ring (bicyclic) bond motifs is 3. The fourth-order valence-electron chi connectivity index (χ4n) is 6.73. The molecular formula is C37H38N4O2. The Kier molecular flexibility index (Phi) is 8.53. The van der Waals surface area contributed by atoms with E-state index in [1.54, 1.807) is 0 Å². The SMILES string of the molecule is Cc1nc2c(c(C)c1CCC#N)c1ccccc1n2Cc1ccc(C(C(=O)NCc2ccccc2)C2CCOCC2)cc1. The minimum Gasteiger partial charge on any atom is -0.381 e. The second kappa shape index (κ2) is 12.8. The van der Waals surface area contributed by atoms with Gasteiger partial charge in [0.1, 0.15) is 5.65 Å². The predicted octanol–water partition coefficient (Wildman–Crippen LogP) is 7.14. The van der Waals surface area contributed by atoms with Crippen LogP contribution < -0.4 is 5.32 Å². The Morgan fingerprint density at radius 1 is 1.00 bits per heavy atom. The van der Waals surface area contributed by atoms with Crippen molar-refractivity contribution in [1.29, 1.82) is 5.26 Å². The first-order valence-corrected chi connectivity index (χ1v) is 15.3. The van der Waals surface area contributed by atoms with Crippen molar-refractivity contribution in [1.82, 2.24) is 14.9 Å². The van der Waals surface area contributed by atoms with E-state index >= 15 is 0 Å². The largest absolute Gasteiger partial charge is 0.381 e. The van der Waals surface area contributed by atoms with Crippen molar-refractivity contribution < 1.29 is 9.53 Å². The summed E-state index contributed by atoms with van der Waals surface area (Å²) in [7, 11) is 0. The number of para-hydroxylation sites is 1. The monoisotopic (exact) mass is 570 g/mol. The molecule has 43 heavy (non-hydrogen) atoms. The third-order valence-electron chi connectivity index (χ3n) is 8.98. The van der Waals surface area contributed by atoms with Crippen molar-refractivity contribution in [2.75, 3.05) is 13.2 Å². The molecule has 1 saturated heterocycles. The van der Waals surface area contributed by atoms with Crippen molar-refractivity contribution in [2.45, 2.75) is 58.5 Å². The van der Waals surface area contributed by atoms with Gasteiger partial charge >= 0.3 is 0 Å². The lowest BCUT2D eigenvalue weighted by atomic mass is 9.80. The minimum atomic E-state index is -0.214. The van der Waals surface area contributed by atoms with Crippen molar-refractivity contribution in [3.05, 3.63) is 112 Å². The second-order valence-corrected chi connectivity index (χ2v) is 11.6. The third kappa shape index (κ3) is 5.91. The molecule has 1 unspecified atom stereocenters. The number of aryl methyl sites for hydroxylation is 2. The van der Waals surface area contributed by atoms with E-state index in [-0.39, 0.29) is 17.7 Å². The summed E-state index contributed by atoms with van der Waals surface area (Å²) in [5.41, 5.74) is 8.80. The summed E-state index contributed by atoms with van der Waals surface area (Å²) < 4.78 is 7.93. The number of hydrogen-bond donors (Lipinski definition) is 1.